The number of hydrogen-bond acceptors (Lipinski definition) is 6. The predicted molar refractivity (Wildman–Crippen MR) is 118 cm³/mol. The van der Waals surface area contributed by atoms with Gasteiger partial charge in [0.2, 0.25) is 5.91 Å². The first kappa shape index (κ1) is 21.9. The monoisotopic (exact) mass is 425 g/mol. The fraction of sp³-hybridized carbons (Fsp3) is 0.391. The number of benzene rings is 1. The van der Waals surface area contributed by atoms with E-state index in [0.717, 1.165) is 35.4 Å². The van der Waals surface area contributed by atoms with E-state index in [1.165, 1.54) is 4.70 Å². The van der Waals surface area contributed by atoms with E-state index in [4.69, 9.17) is 4.74 Å². The van der Waals surface area contributed by atoms with Crippen molar-refractivity contribution >= 4 is 33.4 Å². The number of unbranched alkanes of at least 4 members (excludes halogenated alkanes) is 1. The Morgan fingerprint density at radius 2 is 1.97 bits per heavy atom. The first-order valence-electron chi connectivity index (χ1n) is 10.3. The molecule has 0 bridgehead atoms. The molecule has 0 aliphatic carbocycles. The molecule has 0 aliphatic rings. The van der Waals surface area contributed by atoms with Gasteiger partial charge in [-0.05, 0) is 49.9 Å². The van der Waals surface area contributed by atoms with Crippen LogP contribution in [0.3, 0.4) is 0 Å². The molecular weight excluding hydrogens is 398 g/mol. The van der Waals surface area contributed by atoms with Crippen molar-refractivity contribution in [3.63, 3.8) is 0 Å². The van der Waals surface area contributed by atoms with Crippen LogP contribution in [-0.2, 0) is 27.3 Å². The van der Waals surface area contributed by atoms with Crippen LogP contribution in [0, 0.1) is 0 Å². The number of carbonyl (C=O) groups is 2. The average Bonchev–Trinajstić information content (AvgIpc) is 3.18. The molecule has 30 heavy (non-hydrogen) atoms. The number of ether oxygens (including phenoxy) is 1. The van der Waals surface area contributed by atoms with Gasteiger partial charge < -0.3 is 9.64 Å². The Bertz CT molecular complexity index is 925. The number of thiazole rings is 1. The number of aromatic nitrogens is 2. The van der Waals surface area contributed by atoms with Gasteiger partial charge in [0.05, 0.1) is 28.3 Å². The summed E-state index contributed by atoms with van der Waals surface area (Å²) in [4.78, 5) is 35.0. The van der Waals surface area contributed by atoms with Crippen molar-refractivity contribution in [3.8, 4) is 0 Å². The van der Waals surface area contributed by atoms with Crippen molar-refractivity contribution in [2.24, 2.45) is 0 Å². The smallest absolute Gasteiger partial charge is 0.307 e. The Labute approximate surface area is 180 Å². The van der Waals surface area contributed by atoms with Gasteiger partial charge in [-0.1, -0.05) is 18.2 Å². The van der Waals surface area contributed by atoms with Gasteiger partial charge in [-0.2, -0.15) is 0 Å². The summed E-state index contributed by atoms with van der Waals surface area (Å²) in [6.07, 6.45) is 6.67. The lowest BCUT2D eigenvalue weighted by Crippen LogP contribution is -2.32. The summed E-state index contributed by atoms with van der Waals surface area (Å²) in [5, 5.41) is 1.11. The number of hydrogen-bond donors (Lipinski definition) is 0. The SMILES string of the molecule is CCOC(=O)CCN(Cc1cccnc1)C(=O)CCCCc1nc2ccccc2s1. The molecule has 7 heteroatoms. The van der Waals surface area contributed by atoms with Crippen molar-refractivity contribution < 1.29 is 14.3 Å². The molecule has 2 aromatic heterocycles. The minimum Gasteiger partial charge on any atom is -0.466 e. The van der Waals surface area contributed by atoms with Crippen LogP contribution in [0.4, 0.5) is 0 Å². The van der Waals surface area contributed by atoms with Crippen LogP contribution in [0.5, 0.6) is 0 Å². The number of amides is 1. The van der Waals surface area contributed by atoms with Crippen LogP contribution in [0.2, 0.25) is 0 Å². The second-order valence-electron chi connectivity index (χ2n) is 7.01. The highest BCUT2D eigenvalue weighted by atomic mass is 32.1. The molecule has 1 amide bonds. The molecule has 1 aromatic carbocycles. The van der Waals surface area contributed by atoms with E-state index >= 15 is 0 Å². The second-order valence-corrected chi connectivity index (χ2v) is 8.13. The molecule has 0 aliphatic heterocycles. The van der Waals surface area contributed by atoms with Crippen molar-refractivity contribution in [3.05, 3.63) is 59.4 Å². The zero-order valence-electron chi connectivity index (χ0n) is 17.3. The lowest BCUT2D eigenvalue weighted by atomic mass is 10.1. The van der Waals surface area contributed by atoms with Gasteiger partial charge in [0.25, 0.3) is 0 Å². The minimum absolute atomic E-state index is 0.0486. The number of rotatable bonds is 11. The average molecular weight is 426 g/mol. The Hall–Kier alpha value is -2.80. The molecule has 2 heterocycles. The quantitative estimate of drug-likeness (QED) is 0.337. The Morgan fingerprint density at radius 3 is 2.73 bits per heavy atom. The zero-order chi connectivity index (χ0) is 21.2. The molecule has 6 nitrogen and oxygen atoms in total. The van der Waals surface area contributed by atoms with Gasteiger partial charge in [-0.25, -0.2) is 4.98 Å². The Morgan fingerprint density at radius 1 is 1.10 bits per heavy atom. The molecule has 0 radical (unpaired) electrons. The highest BCUT2D eigenvalue weighted by Crippen LogP contribution is 2.23. The predicted octanol–water partition coefficient (Wildman–Crippen LogP) is 4.39. The molecule has 0 N–H and O–H groups in total. The summed E-state index contributed by atoms with van der Waals surface area (Å²) in [5.41, 5.74) is 1.99. The lowest BCUT2D eigenvalue weighted by Gasteiger charge is -2.22. The van der Waals surface area contributed by atoms with Crippen LogP contribution in [0.15, 0.2) is 48.8 Å². The number of esters is 1. The molecule has 3 rings (SSSR count). The third-order valence-electron chi connectivity index (χ3n) is 4.71. The molecule has 0 fully saturated rings. The van der Waals surface area contributed by atoms with Crippen LogP contribution in [0.1, 0.15) is 43.2 Å². The van der Waals surface area contributed by atoms with Gasteiger partial charge >= 0.3 is 5.97 Å². The van der Waals surface area contributed by atoms with Crippen molar-refractivity contribution in [2.45, 2.75) is 45.6 Å². The summed E-state index contributed by atoms with van der Waals surface area (Å²) >= 11 is 1.72. The summed E-state index contributed by atoms with van der Waals surface area (Å²) in [7, 11) is 0. The lowest BCUT2D eigenvalue weighted by molar-refractivity contribution is -0.144. The van der Waals surface area contributed by atoms with E-state index in [1.807, 2.05) is 30.3 Å². The number of fused-ring (bicyclic) bond motifs is 1. The van der Waals surface area contributed by atoms with Gasteiger partial charge in [0.15, 0.2) is 0 Å². The highest BCUT2D eigenvalue weighted by molar-refractivity contribution is 7.18. The molecule has 0 unspecified atom stereocenters. The third kappa shape index (κ3) is 6.62. The van der Waals surface area contributed by atoms with Crippen LogP contribution in [-0.4, -0.2) is 39.9 Å². The third-order valence-corrected chi connectivity index (χ3v) is 5.81. The molecule has 0 saturated heterocycles. The molecule has 0 spiro atoms. The molecule has 0 saturated carbocycles. The van der Waals surface area contributed by atoms with E-state index in [9.17, 15) is 9.59 Å². The van der Waals surface area contributed by atoms with E-state index in [2.05, 4.69) is 16.0 Å². The van der Waals surface area contributed by atoms with Gasteiger partial charge in [-0.15, -0.1) is 11.3 Å². The van der Waals surface area contributed by atoms with Crippen LogP contribution < -0.4 is 0 Å². The van der Waals surface area contributed by atoms with Crippen molar-refractivity contribution in [1.82, 2.24) is 14.9 Å². The maximum atomic E-state index is 12.8. The molecule has 0 atom stereocenters. The Balaban J connectivity index is 1.50. The standard InChI is InChI=1S/C23H27N3O3S/c1-2-29-23(28)13-15-26(17-18-8-7-14-24-16-18)22(27)12-6-5-11-21-25-19-9-3-4-10-20(19)30-21/h3-4,7-10,14,16H,2,5-6,11-13,15,17H2,1H3. The number of aryl methyl sites for hydroxylation is 1. The number of para-hydroxylation sites is 1. The van der Waals surface area contributed by atoms with Gasteiger partial charge in [-0.3, -0.25) is 14.6 Å². The second kappa shape index (κ2) is 11.4. The first-order chi connectivity index (χ1) is 14.7. The van der Waals surface area contributed by atoms with Crippen LogP contribution in [0.25, 0.3) is 10.2 Å². The highest BCUT2D eigenvalue weighted by Gasteiger charge is 2.16. The fourth-order valence-corrected chi connectivity index (χ4v) is 4.21. The molecular formula is C23H27N3O3S. The van der Waals surface area contributed by atoms with E-state index in [-0.39, 0.29) is 18.3 Å². The van der Waals surface area contributed by atoms with Gasteiger partial charge in [0.1, 0.15) is 0 Å². The summed E-state index contributed by atoms with van der Waals surface area (Å²) in [6.45, 7) is 2.93. The minimum atomic E-state index is -0.280. The molecule has 3 aromatic rings. The zero-order valence-corrected chi connectivity index (χ0v) is 18.1. The van der Waals surface area contributed by atoms with Crippen molar-refractivity contribution in [1.29, 1.82) is 0 Å². The van der Waals surface area contributed by atoms with Crippen LogP contribution >= 0.6 is 11.3 Å². The summed E-state index contributed by atoms with van der Waals surface area (Å²) < 4.78 is 6.20. The number of nitrogens with zero attached hydrogens (tertiary/aromatic N) is 3. The maximum Gasteiger partial charge on any atom is 0.307 e. The largest absolute Gasteiger partial charge is 0.466 e. The maximum absolute atomic E-state index is 12.8. The number of pyridine rings is 1. The van der Waals surface area contributed by atoms with E-state index in [0.29, 0.717) is 26.1 Å². The van der Waals surface area contributed by atoms with Gasteiger partial charge in [0, 0.05) is 31.9 Å². The normalized spacial score (nSPS) is 10.8. The number of carbonyl (C=O) groups excluding carboxylic acids is 2. The van der Waals surface area contributed by atoms with E-state index in [1.54, 1.807) is 35.6 Å². The fourth-order valence-electron chi connectivity index (χ4n) is 3.20. The topological polar surface area (TPSA) is 72.4 Å². The Kier molecular flexibility index (Phi) is 8.32. The summed E-state index contributed by atoms with van der Waals surface area (Å²) in [6, 6.07) is 11.9. The molecule has 158 valence electrons. The van der Waals surface area contributed by atoms with Crippen molar-refractivity contribution in [2.75, 3.05) is 13.2 Å². The van der Waals surface area contributed by atoms with E-state index < -0.39 is 0 Å². The first-order valence-corrected chi connectivity index (χ1v) is 11.1. The summed E-state index contributed by atoms with van der Waals surface area (Å²) in [5.74, 6) is -0.232.